The SMILES string of the molecule is COc1cccc(F)c1C(OC(=O)C(F)(F)F)(C(=O)Nc1nccs1)n1cnc2ccc(-c3ccc(N4CCN(C)CC4)cc3)cc2c1=O. The zero-order valence-corrected chi connectivity index (χ0v) is 26.8. The molecule has 1 saturated heterocycles. The Morgan fingerprint density at radius 2 is 1.67 bits per heavy atom. The van der Waals surface area contributed by atoms with Gasteiger partial charge in [0.25, 0.3) is 11.5 Å². The molecule has 1 atom stereocenters. The molecule has 2 aromatic heterocycles. The van der Waals surface area contributed by atoms with E-state index in [0.29, 0.717) is 22.0 Å². The zero-order chi connectivity index (χ0) is 34.9. The van der Waals surface area contributed by atoms with Gasteiger partial charge in [0.15, 0.2) is 5.13 Å². The summed E-state index contributed by atoms with van der Waals surface area (Å²) >= 11 is 0.874. The van der Waals surface area contributed by atoms with Gasteiger partial charge < -0.3 is 19.3 Å². The maximum Gasteiger partial charge on any atom is 0.491 e. The third-order valence-corrected chi connectivity index (χ3v) is 8.82. The zero-order valence-electron chi connectivity index (χ0n) is 26.0. The van der Waals surface area contributed by atoms with E-state index in [0.717, 1.165) is 68.5 Å². The van der Waals surface area contributed by atoms with E-state index in [9.17, 15) is 27.6 Å². The van der Waals surface area contributed by atoms with Crippen LogP contribution in [0.5, 0.6) is 5.75 Å². The van der Waals surface area contributed by atoms with Crippen LogP contribution in [0.2, 0.25) is 0 Å². The number of rotatable bonds is 8. The van der Waals surface area contributed by atoms with Crippen LogP contribution in [-0.2, 0) is 20.1 Å². The van der Waals surface area contributed by atoms with Gasteiger partial charge in [-0.25, -0.2) is 23.7 Å². The number of hydrogen-bond acceptors (Lipinski definition) is 10. The van der Waals surface area contributed by atoms with Crippen LogP contribution in [0.4, 0.5) is 28.4 Å². The molecule has 3 aromatic carbocycles. The van der Waals surface area contributed by atoms with Crippen LogP contribution in [0.25, 0.3) is 22.0 Å². The van der Waals surface area contributed by atoms with Crippen molar-refractivity contribution in [2.75, 3.05) is 50.6 Å². The fourth-order valence-corrected chi connectivity index (χ4v) is 6.13. The number of alkyl halides is 3. The number of anilines is 2. The lowest BCUT2D eigenvalue weighted by Crippen LogP contribution is -2.56. The second-order valence-corrected chi connectivity index (χ2v) is 12.0. The van der Waals surface area contributed by atoms with E-state index < -0.39 is 46.5 Å². The number of ether oxygens (including phenoxy) is 2. The fraction of sp³-hybridized carbons (Fsp3) is 0.242. The summed E-state index contributed by atoms with van der Waals surface area (Å²) in [7, 11) is 3.13. The molecule has 16 heteroatoms. The predicted octanol–water partition coefficient (Wildman–Crippen LogP) is 4.86. The van der Waals surface area contributed by atoms with E-state index in [4.69, 9.17) is 9.47 Å². The standard InChI is InChI=1S/C33H28F4N6O5S/c1-41-13-15-42(16-14-41)22-9-6-20(7-10-22)21-8-11-25-23(18-21)28(44)43(19-39-25)32(48-30(46)33(35,36)37,29(45)40-31-38-12-17-49-31)27-24(34)4-3-5-26(27)47-2/h3-12,17-19H,13-16H2,1-2H3,(H,38,40,45). The van der Waals surface area contributed by atoms with Crippen molar-refractivity contribution in [1.29, 1.82) is 0 Å². The van der Waals surface area contributed by atoms with Crippen LogP contribution in [-0.4, -0.2) is 77.8 Å². The minimum atomic E-state index is -5.66. The van der Waals surface area contributed by atoms with Crippen LogP contribution in [0.1, 0.15) is 5.56 Å². The fourth-order valence-electron chi connectivity index (χ4n) is 5.61. The van der Waals surface area contributed by atoms with Gasteiger partial charge in [-0.1, -0.05) is 24.3 Å². The molecule has 3 heterocycles. The number of methoxy groups -OCH3 is 1. The first kappa shape index (κ1) is 33.5. The maximum absolute atomic E-state index is 15.8. The lowest BCUT2D eigenvalue weighted by molar-refractivity contribution is -0.218. The number of amides is 1. The highest BCUT2D eigenvalue weighted by atomic mass is 32.1. The van der Waals surface area contributed by atoms with E-state index in [1.807, 2.05) is 24.3 Å². The van der Waals surface area contributed by atoms with Crippen LogP contribution in [0, 0.1) is 5.82 Å². The Bertz CT molecular complexity index is 2070. The first-order valence-corrected chi connectivity index (χ1v) is 15.7. The summed E-state index contributed by atoms with van der Waals surface area (Å²) < 4.78 is 67.9. The third-order valence-electron chi connectivity index (χ3n) is 8.13. The van der Waals surface area contributed by atoms with Gasteiger partial charge in [-0.2, -0.15) is 13.2 Å². The molecule has 49 heavy (non-hydrogen) atoms. The smallest absolute Gasteiger partial charge is 0.491 e. The van der Waals surface area contributed by atoms with Gasteiger partial charge in [-0.3, -0.25) is 14.9 Å². The molecule has 1 fully saturated rings. The van der Waals surface area contributed by atoms with E-state index >= 15 is 4.39 Å². The van der Waals surface area contributed by atoms with E-state index in [1.54, 1.807) is 6.07 Å². The van der Waals surface area contributed by atoms with Crippen molar-refractivity contribution in [3.8, 4) is 16.9 Å². The number of thiazole rings is 1. The monoisotopic (exact) mass is 696 g/mol. The molecule has 1 aliphatic rings. The summed E-state index contributed by atoms with van der Waals surface area (Å²) in [6.07, 6.45) is -3.66. The largest absolute Gasteiger partial charge is 0.496 e. The topological polar surface area (TPSA) is 119 Å². The number of fused-ring (bicyclic) bond motifs is 1. The molecule has 1 amide bonds. The van der Waals surface area contributed by atoms with Crippen molar-refractivity contribution in [1.82, 2.24) is 19.4 Å². The van der Waals surface area contributed by atoms with Gasteiger partial charge in [-0.05, 0) is 54.6 Å². The predicted molar refractivity (Wildman–Crippen MR) is 174 cm³/mol. The van der Waals surface area contributed by atoms with Gasteiger partial charge in [0.2, 0.25) is 0 Å². The maximum atomic E-state index is 15.8. The second kappa shape index (κ2) is 13.3. The Balaban J connectivity index is 1.54. The van der Waals surface area contributed by atoms with Gasteiger partial charge in [0, 0.05) is 43.4 Å². The number of likely N-dealkylation sites (N-methyl/N-ethyl adjacent to an activating group) is 1. The van der Waals surface area contributed by atoms with Crippen molar-refractivity contribution < 1.29 is 36.6 Å². The molecule has 0 spiro atoms. The number of esters is 1. The number of piperazine rings is 1. The summed E-state index contributed by atoms with van der Waals surface area (Å²) in [5.74, 6) is -6.24. The molecular weight excluding hydrogens is 668 g/mol. The summed E-state index contributed by atoms with van der Waals surface area (Å²) in [6, 6.07) is 15.4. The summed E-state index contributed by atoms with van der Waals surface area (Å²) in [5.41, 5.74) is -3.19. The van der Waals surface area contributed by atoms with Gasteiger partial charge in [0.1, 0.15) is 23.5 Å². The second-order valence-electron chi connectivity index (χ2n) is 11.1. The molecule has 5 aromatic rings. The van der Waals surface area contributed by atoms with Gasteiger partial charge in [0.05, 0.1) is 18.0 Å². The average Bonchev–Trinajstić information content (AvgIpc) is 3.60. The molecule has 0 radical (unpaired) electrons. The quantitative estimate of drug-likeness (QED) is 0.179. The summed E-state index contributed by atoms with van der Waals surface area (Å²) in [4.78, 5) is 53.7. The van der Waals surface area contributed by atoms with Crippen LogP contribution in [0.15, 0.2) is 83.4 Å². The molecule has 6 rings (SSSR count). The highest BCUT2D eigenvalue weighted by Gasteiger charge is 2.56. The molecule has 0 bridgehead atoms. The van der Waals surface area contributed by atoms with E-state index in [1.165, 1.54) is 23.7 Å². The Labute approximate surface area is 280 Å². The Hall–Kier alpha value is -5.35. The van der Waals surface area contributed by atoms with Crippen LogP contribution < -0.4 is 20.5 Å². The first-order chi connectivity index (χ1) is 23.4. The van der Waals surface area contributed by atoms with Crippen molar-refractivity contribution in [2.24, 2.45) is 0 Å². The number of halogens is 4. The number of carbonyl (C=O) groups is 2. The summed E-state index contributed by atoms with van der Waals surface area (Å²) in [5, 5.41) is 3.40. The minimum absolute atomic E-state index is 0.107. The molecule has 0 aliphatic carbocycles. The molecule has 1 N–H and O–H groups in total. The minimum Gasteiger partial charge on any atom is -0.496 e. The van der Waals surface area contributed by atoms with Crippen LogP contribution in [0.3, 0.4) is 0 Å². The van der Waals surface area contributed by atoms with Crippen molar-refractivity contribution >= 4 is 44.9 Å². The molecule has 0 saturated carbocycles. The number of carbonyl (C=O) groups excluding carboxylic acids is 2. The summed E-state index contributed by atoms with van der Waals surface area (Å²) in [6.45, 7) is 3.57. The molecule has 1 aliphatic heterocycles. The van der Waals surface area contributed by atoms with Crippen molar-refractivity contribution in [3.05, 3.63) is 100 Å². The average molecular weight is 697 g/mol. The molecule has 11 nitrogen and oxygen atoms in total. The Morgan fingerprint density at radius 3 is 2.33 bits per heavy atom. The third kappa shape index (κ3) is 6.44. The molecule has 254 valence electrons. The van der Waals surface area contributed by atoms with Gasteiger partial charge >= 0.3 is 17.9 Å². The Morgan fingerprint density at radius 1 is 0.959 bits per heavy atom. The number of nitrogens with zero attached hydrogens (tertiary/aromatic N) is 5. The normalized spacial score (nSPS) is 15.1. The number of hydrogen-bond donors (Lipinski definition) is 1. The lowest BCUT2D eigenvalue weighted by atomic mass is 9.98. The van der Waals surface area contributed by atoms with Crippen LogP contribution >= 0.6 is 11.3 Å². The molecular formula is C33H28F4N6O5S. The number of benzene rings is 3. The van der Waals surface area contributed by atoms with Crippen molar-refractivity contribution in [3.63, 3.8) is 0 Å². The van der Waals surface area contributed by atoms with E-state index in [2.05, 4.69) is 32.1 Å². The number of aromatic nitrogens is 3. The highest BCUT2D eigenvalue weighted by molar-refractivity contribution is 7.13. The Kier molecular flexibility index (Phi) is 9.09. The molecule has 1 unspecified atom stereocenters. The van der Waals surface area contributed by atoms with Gasteiger partial charge in [-0.15, -0.1) is 11.3 Å². The van der Waals surface area contributed by atoms with E-state index in [-0.39, 0.29) is 16.0 Å². The first-order valence-electron chi connectivity index (χ1n) is 14.8. The highest BCUT2D eigenvalue weighted by Crippen LogP contribution is 2.39. The lowest BCUT2D eigenvalue weighted by Gasteiger charge is -2.34. The number of nitrogens with one attached hydrogen (secondary N) is 1. The van der Waals surface area contributed by atoms with Crippen molar-refractivity contribution in [2.45, 2.75) is 11.9 Å².